The molecule has 1 fully saturated rings. The Morgan fingerprint density at radius 3 is 2.27 bits per heavy atom. The van der Waals surface area contributed by atoms with E-state index in [1.165, 1.54) is 7.11 Å². The summed E-state index contributed by atoms with van der Waals surface area (Å²) in [6.07, 6.45) is 1.27. The molecule has 7 rings (SSSR count). The maximum atomic E-state index is 14.7. The molecule has 348 valence electrons. The predicted molar refractivity (Wildman–Crippen MR) is 251 cm³/mol. The highest BCUT2D eigenvalue weighted by Gasteiger charge is 2.41. The molecule has 0 spiro atoms. The highest BCUT2D eigenvalue weighted by atomic mass is 16.7. The molecule has 15 heteroatoms. The average molecular weight is 900 g/mol. The van der Waals surface area contributed by atoms with E-state index < -0.39 is 36.2 Å². The van der Waals surface area contributed by atoms with Crippen molar-refractivity contribution in [3.8, 4) is 22.6 Å². The van der Waals surface area contributed by atoms with Crippen LogP contribution in [0.3, 0.4) is 0 Å². The van der Waals surface area contributed by atoms with Crippen molar-refractivity contribution in [2.24, 2.45) is 11.8 Å². The lowest BCUT2D eigenvalue weighted by molar-refractivity contribution is -0.132. The number of alkyl carbamates (subject to hydrolysis) is 1. The van der Waals surface area contributed by atoms with E-state index in [-0.39, 0.29) is 50.1 Å². The number of methoxy groups -OCH3 is 1. The fraction of sp³-hybridized carbons (Fsp3) is 0.392. The molecule has 1 aromatic heterocycles. The Labute approximate surface area is 386 Å². The number of aliphatic hydroxyl groups excluding tert-OH is 1. The van der Waals surface area contributed by atoms with E-state index in [2.05, 4.69) is 21.0 Å². The van der Waals surface area contributed by atoms with Crippen LogP contribution in [0.2, 0.25) is 0 Å². The van der Waals surface area contributed by atoms with Gasteiger partial charge >= 0.3 is 12.1 Å². The number of pyridine rings is 1. The Balaban J connectivity index is 1.13. The van der Waals surface area contributed by atoms with Gasteiger partial charge in [-0.15, -0.1) is 0 Å². The summed E-state index contributed by atoms with van der Waals surface area (Å²) in [5.41, 5.74) is 8.39. The molecule has 2 aliphatic heterocycles. The summed E-state index contributed by atoms with van der Waals surface area (Å²) in [6.45, 7) is 9.15. The van der Waals surface area contributed by atoms with Crippen LogP contribution in [0.1, 0.15) is 57.2 Å². The van der Waals surface area contributed by atoms with E-state index in [4.69, 9.17) is 14.2 Å². The van der Waals surface area contributed by atoms with Crippen molar-refractivity contribution in [1.82, 2.24) is 35.9 Å². The summed E-state index contributed by atoms with van der Waals surface area (Å²) in [7, 11) is 1.24. The first-order chi connectivity index (χ1) is 32.0. The summed E-state index contributed by atoms with van der Waals surface area (Å²) in [5.74, 6) is 0.0392. The third kappa shape index (κ3) is 11.4. The first-order valence-electron chi connectivity index (χ1n) is 22.8. The molecular formula is C51H61N7O8. The minimum atomic E-state index is -1.22. The molecule has 5 amide bonds. The number of para-hydroxylation sites is 1. The van der Waals surface area contributed by atoms with Crippen molar-refractivity contribution in [2.75, 3.05) is 33.5 Å². The molecule has 66 heavy (non-hydrogen) atoms. The zero-order valence-electron chi connectivity index (χ0n) is 38.3. The van der Waals surface area contributed by atoms with Gasteiger partial charge in [0.1, 0.15) is 12.1 Å². The number of urea groups is 1. The first-order valence-corrected chi connectivity index (χ1v) is 22.8. The molecule has 1 saturated heterocycles. The normalized spacial score (nSPS) is 16.1. The van der Waals surface area contributed by atoms with E-state index in [0.29, 0.717) is 44.0 Å². The molecule has 2 aliphatic rings. The van der Waals surface area contributed by atoms with Crippen LogP contribution in [0.4, 0.5) is 9.59 Å². The van der Waals surface area contributed by atoms with E-state index in [9.17, 15) is 24.3 Å². The molecule has 4 aromatic carbocycles. The van der Waals surface area contributed by atoms with Gasteiger partial charge in [-0.3, -0.25) is 20.0 Å². The Morgan fingerprint density at radius 1 is 0.818 bits per heavy atom. The first kappa shape index (κ1) is 47.3. The van der Waals surface area contributed by atoms with Gasteiger partial charge in [0.05, 0.1) is 24.8 Å². The van der Waals surface area contributed by atoms with Crippen LogP contribution in [0, 0.1) is 11.8 Å². The Morgan fingerprint density at radius 2 is 1.53 bits per heavy atom. The second-order valence-corrected chi connectivity index (χ2v) is 17.2. The topological polar surface area (TPSA) is 175 Å². The number of carbonyl (C=O) groups is 4. The fourth-order valence-electron chi connectivity index (χ4n) is 8.57. The van der Waals surface area contributed by atoms with Gasteiger partial charge in [-0.1, -0.05) is 119 Å². The maximum Gasteiger partial charge on any atom is 0.407 e. The fourth-order valence-corrected chi connectivity index (χ4v) is 8.57. The van der Waals surface area contributed by atoms with Gasteiger partial charge in [-0.25, -0.2) is 14.6 Å². The maximum absolute atomic E-state index is 14.7. The van der Waals surface area contributed by atoms with Crippen molar-refractivity contribution in [1.29, 1.82) is 0 Å². The van der Waals surface area contributed by atoms with Gasteiger partial charge in [-0.05, 0) is 70.3 Å². The van der Waals surface area contributed by atoms with Crippen LogP contribution in [0.15, 0.2) is 109 Å². The third-order valence-electron chi connectivity index (χ3n) is 12.8. The number of ether oxygens (including phenoxy) is 3. The summed E-state index contributed by atoms with van der Waals surface area (Å²) in [6, 6.07) is 30.1. The van der Waals surface area contributed by atoms with Gasteiger partial charge in [-0.2, -0.15) is 0 Å². The minimum absolute atomic E-state index is 0.108. The molecular weight excluding hydrogens is 839 g/mol. The van der Waals surface area contributed by atoms with Gasteiger partial charge in [0.15, 0.2) is 11.5 Å². The van der Waals surface area contributed by atoms with Crippen LogP contribution in [-0.4, -0.2) is 107 Å². The van der Waals surface area contributed by atoms with Crippen molar-refractivity contribution in [3.05, 3.63) is 126 Å². The van der Waals surface area contributed by atoms with Crippen LogP contribution in [0.25, 0.3) is 22.0 Å². The van der Waals surface area contributed by atoms with E-state index >= 15 is 0 Å². The Kier molecular flexibility index (Phi) is 15.7. The van der Waals surface area contributed by atoms with Gasteiger partial charge < -0.3 is 39.8 Å². The lowest BCUT2D eigenvalue weighted by Crippen LogP contribution is -2.59. The van der Waals surface area contributed by atoms with Crippen molar-refractivity contribution in [2.45, 2.75) is 84.3 Å². The molecule has 6 atom stereocenters. The van der Waals surface area contributed by atoms with Gasteiger partial charge in [0, 0.05) is 44.3 Å². The number of aromatic nitrogens is 1. The highest BCUT2D eigenvalue weighted by molar-refractivity contribution is 5.89. The number of carbonyl (C=O) groups excluding carboxylic acids is 4. The second kappa shape index (κ2) is 22.0. The van der Waals surface area contributed by atoms with Gasteiger partial charge in [0.2, 0.25) is 12.7 Å². The number of hydrogen-bond donors (Lipinski definition) is 4. The lowest BCUT2D eigenvalue weighted by Gasteiger charge is -2.35. The van der Waals surface area contributed by atoms with E-state index in [0.717, 1.165) is 38.7 Å². The summed E-state index contributed by atoms with van der Waals surface area (Å²) in [5, 5.41) is 20.7. The minimum Gasteiger partial charge on any atom is -0.454 e. The van der Waals surface area contributed by atoms with Crippen LogP contribution in [-0.2, 0) is 33.8 Å². The number of aliphatic hydroxyl groups is 1. The van der Waals surface area contributed by atoms with Crippen LogP contribution >= 0.6 is 0 Å². The zero-order chi connectivity index (χ0) is 46.7. The van der Waals surface area contributed by atoms with Crippen molar-refractivity contribution < 1.29 is 38.5 Å². The quantitative estimate of drug-likeness (QED) is 0.0618. The average Bonchev–Trinajstić information content (AvgIpc) is 3.96. The molecule has 15 nitrogen and oxygen atoms in total. The molecule has 6 unspecified atom stereocenters. The summed E-state index contributed by atoms with van der Waals surface area (Å²) >= 11 is 0. The van der Waals surface area contributed by atoms with Gasteiger partial charge in [0.25, 0.3) is 5.91 Å². The molecule has 4 N–H and O–H groups in total. The Bertz CT molecular complexity index is 2450. The zero-order valence-corrected chi connectivity index (χ0v) is 38.3. The molecule has 0 aliphatic carbocycles. The second-order valence-electron chi connectivity index (χ2n) is 17.2. The Hall–Kier alpha value is -6.71. The molecule has 5 aromatic rings. The number of rotatable bonds is 20. The number of fused-ring (bicyclic) bond motifs is 2. The molecule has 3 heterocycles. The van der Waals surface area contributed by atoms with Crippen molar-refractivity contribution >= 4 is 34.8 Å². The van der Waals surface area contributed by atoms with E-state index in [1.54, 1.807) is 21.0 Å². The lowest BCUT2D eigenvalue weighted by atomic mass is 9.95. The van der Waals surface area contributed by atoms with Crippen LogP contribution in [0.5, 0.6) is 11.5 Å². The smallest absolute Gasteiger partial charge is 0.407 e. The number of nitrogens with one attached hydrogen (secondary N) is 3. The molecule has 0 radical (unpaired) electrons. The third-order valence-corrected chi connectivity index (χ3v) is 12.8. The van der Waals surface area contributed by atoms with Crippen LogP contribution < -0.4 is 25.5 Å². The SMILES string of the molecule is CCC(C)C(NC(=O)OC)C(=O)NN(Cc1ccc(-c2ccc3c(c2)OCO3)cc1)CC(O)C(Cc1ccccc1)NC(=O)C(C(C)CC)N1CCN(Cc2ccnc3ccccc23)C1=O. The number of hydrazine groups is 1. The van der Waals surface area contributed by atoms with Crippen molar-refractivity contribution in [3.63, 3.8) is 0 Å². The molecule has 0 bridgehead atoms. The van der Waals surface area contributed by atoms with E-state index in [1.807, 2.05) is 131 Å². The standard InChI is InChI=1S/C51H61N7O8/c1-6-33(3)46(54-50(62)64-5)48(60)55-57(29-36-17-19-37(20-18-36)38-21-22-44-45(28-38)66-32-65-44)31-43(59)42(27-35-13-9-8-10-14-35)53-49(61)47(34(4)7-2)58-26-25-56(51(58)63)30-39-23-24-52-41-16-12-11-15-40(39)41/h8-24,28,33-34,42-43,46-47,59H,6-7,25-27,29-32H2,1-5H3,(H,53,61)(H,54,62)(H,55,60). The number of nitrogens with zero attached hydrogens (tertiary/aromatic N) is 4. The largest absolute Gasteiger partial charge is 0.454 e. The summed E-state index contributed by atoms with van der Waals surface area (Å²) < 4.78 is 15.9. The highest BCUT2D eigenvalue weighted by Crippen LogP contribution is 2.36. The number of benzene rings is 4. The monoisotopic (exact) mass is 899 g/mol. The predicted octanol–water partition coefficient (Wildman–Crippen LogP) is 6.68. The number of hydrogen-bond acceptors (Lipinski definition) is 10. The summed E-state index contributed by atoms with van der Waals surface area (Å²) in [4.78, 5) is 63.3. The number of amides is 5. The molecule has 0 saturated carbocycles.